The van der Waals surface area contributed by atoms with Crippen LogP contribution in [0.1, 0.15) is 20.3 Å². The van der Waals surface area contributed by atoms with E-state index in [2.05, 4.69) is 10.6 Å². The van der Waals surface area contributed by atoms with E-state index in [4.69, 9.17) is 0 Å². The lowest BCUT2D eigenvalue weighted by molar-refractivity contribution is -0.122. The molecule has 84 valence electrons. The third-order valence-corrected chi connectivity index (χ3v) is 1.93. The molecule has 6 nitrogen and oxygen atoms in total. The zero-order chi connectivity index (χ0) is 11.4. The van der Waals surface area contributed by atoms with Crippen LogP contribution in [0.15, 0.2) is 0 Å². The first-order valence-electron chi connectivity index (χ1n) is 4.87. The molecule has 15 heavy (non-hydrogen) atoms. The summed E-state index contributed by atoms with van der Waals surface area (Å²) in [6.07, 6.45) is 0.221. The first kappa shape index (κ1) is 11.5. The normalized spacial score (nSPS) is 15.8. The third-order valence-electron chi connectivity index (χ3n) is 1.93. The Bertz CT molecular complexity index is 288. The Hall–Kier alpha value is -1.59. The fraction of sp³-hybridized carbons (Fsp3) is 0.667. The second kappa shape index (κ2) is 4.77. The summed E-state index contributed by atoms with van der Waals surface area (Å²) in [5.74, 6) is -0.429. The van der Waals surface area contributed by atoms with Gasteiger partial charge in [-0.1, -0.05) is 0 Å². The topological polar surface area (TPSA) is 78.5 Å². The van der Waals surface area contributed by atoms with Gasteiger partial charge in [-0.05, 0) is 13.8 Å². The van der Waals surface area contributed by atoms with Crippen molar-refractivity contribution in [3.63, 3.8) is 0 Å². The zero-order valence-corrected chi connectivity index (χ0v) is 8.87. The maximum absolute atomic E-state index is 11.2. The number of carbonyl (C=O) groups is 3. The number of rotatable bonds is 4. The average Bonchev–Trinajstić information content (AvgIpc) is 2.40. The molecule has 0 radical (unpaired) electrons. The van der Waals surface area contributed by atoms with E-state index >= 15 is 0 Å². The van der Waals surface area contributed by atoms with Crippen LogP contribution in [0.3, 0.4) is 0 Å². The average molecular weight is 213 g/mol. The highest BCUT2D eigenvalue weighted by molar-refractivity contribution is 6.02. The summed E-state index contributed by atoms with van der Waals surface area (Å²) in [7, 11) is 0. The third kappa shape index (κ3) is 3.57. The predicted octanol–water partition coefficient (Wildman–Crippen LogP) is -0.547. The molecule has 0 spiro atoms. The Balaban J connectivity index is 2.28. The molecule has 0 bridgehead atoms. The predicted molar refractivity (Wildman–Crippen MR) is 53.0 cm³/mol. The van der Waals surface area contributed by atoms with Crippen LogP contribution in [0, 0.1) is 0 Å². The second-order valence-corrected chi connectivity index (χ2v) is 3.75. The zero-order valence-electron chi connectivity index (χ0n) is 8.87. The molecule has 2 N–H and O–H groups in total. The van der Waals surface area contributed by atoms with Gasteiger partial charge >= 0.3 is 6.03 Å². The van der Waals surface area contributed by atoms with Gasteiger partial charge in [-0.25, -0.2) is 4.79 Å². The maximum atomic E-state index is 11.2. The van der Waals surface area contributed by atoms with Crippen molar-refractivity contribution >= 4 is 17.8 Å². The number of imide groups is 1. The van der Waals surface area contributed by atoms with Gasteiger partial charge in [-0.3, -0.25) is 14.9 Å². The lowest BCUT2D eigenvalue weighted by atomic mass is 10.3. The SMILES string of the molecule is CC(C)NC(=O)CCN1CC(=O)NC1=O. The molecule has 0 aliphatic carbocycles. The van der Waals surface area contributed by atoms with Crippen molar-refractivity contribution in [2.45, 2.75) is 26.3 Å². The highest BCUT2D eigenvalue weighted by Gasteiger charge is 2.26. The minimum atomic E-state index is -0.419. The highest BCUT2D eigenvalue weighted by Crippen LogP contribution is 1.99. The fourth-order valence-corrected chi connectivity index (χ4v) is 1.29. The van der Waals surface area contributed by atoms with Crippen molar-refractivity contribution in [1.82, 2.24) is 15.5 Å². The Morgan fingerprint density at radius 2 is 2.20 bits per heavy atom. The molecule has 0 aromatic heterocycles. The number of amides is 4. The number of carbonyl (C=O) groups excluding carboxylic acids is 3. The minimum Gasteiger partial charge on any atom is -0.354 e. The van der Waals surface area contributed by atoms with E-state index < -0.39 is 6.03 Å². The maximum Gasteiger partial charge on any atom is 0.324 e. The number of nitrogens with zero attached hydrogens (tertiary/aromatic N) is 1. The summed E-state index contributed by atoms with van der Waals surface area (Å²) in [5, 5.41) is 4.86. The van der Waals surface area contributed by atoms with Crippen molar-refractivity contribution < 1.29 is 14.4 Å². The standard InChI is InChI=1S/C9H15N3O3/c1-6(2)10-7(13)3-4-12-5-8(14)11-9(12)15/h6H,3-5H2,1-2H3,(H,10,13)(H,11,14,15). The Morgan fingerprint density at radius 1 is 1.53 bits per heavy atom. The van der Waals surface area contributed by atoms with Crippen molar-refractivity contribution in [2.24, 2.45) is 0 Å². The Morgan fingerprint density at radius 3 is 2.67 bits per heavy atom. The van der Waals surface area contributed by atoms with Gasteiger partial charge in [-0.15, -0.1) is 0 Å². The van der Waals surface area contributed by atoms with Crippen LogP contribution in [-0.2, 0) is 9.59 Å². The van der Waals surface area contributed by atoms with E-state index in [1.165, 1.54) is 4.90 Å². The lowest BCUT2D eigenvalue weighted by Gasteiger charge is -2.13. The molecular formula is C9H15N3O3. The molecule has 0 aromatic rings. The molecule has 1 aliphatic heterocycles. The highest BCUT2D eigenvalue weighted by atomic mass is 16.2. The molecule has 4 amide bonds. The Labute approximate surface area is 88.0 Å². The van der Waals surface area contributed by atoms with E-state index in [0.29, 0.717) is 0 Å². The number of urea groups is 1. The second-order valence-electron chi connectivity index (χ2n) is 3.75. The summed E-state index contributed by atoms with van der Waals surface area (Å²) in [6, 6.07) is -0.330. The van der Waals surface area contributed by atoms with Crippen LogP contribution in [0.5, 0.6) is 0 Å². The van der Waals surface area contributed by atoms with Crippen molar-refractivity contribution in [3.8, 4) is 0 Å². The Kier molecular flexibility index (Phi) is 3.65. The van der Waals surface area contributed by atoms with Crippen molar-refractivity contribution in [2.75, 3.05) is 13.1 Å². The van der Waals surface area contributed by atoms with Gasteiger partial charge in [0.25, 0.3) is 0 Å². The van der Waals surface area contributed by atoms with Gasteiger partial charge in [0, 0.05) is 19.0 Å². The first-order chi connectivity index (χ1) is 6.99. The molecule has 0 atom stereocenters. The molecule has 1 heterocycles. The molecule has 0 unspecified atom stereocenters. The molecular weight excluding hydrogens is 198 g/mol. The summed E-state index contributed by atoms with van der Waals surface area (Å²) in [5.41, 5.74) is 0. The summed E-state index contributed by atoms with van der Waals surface area (Å²) >= 11 is 0. The summed E-state index contributed by atoms with van der Waals surface area (Å²) in [6.45, 7) is 4.05. The van der Waals surface area contributed by atoms with E-state index in [1.54, 1.807) is 0 Å². The smallest absolute Gasteiger partial charge is 0.324 e. The van der Waals surface area contributed by atoms with Crippen LogP contribution < -0.4 is 10.6 Å². The lowest BCUT2D eigenvalue weighted by Crippen LogP contribution is -2.35. The van der Waals surface area contributed by atoms with Gasteiger partial charge < -0.3 is 10.2 Å². The van der Waals surface area contributed by atoms with Gasteiger partial charge in [0.1, 0.15) is 6.54 Å². The molecule has 1 fully saturated rings. The molecule has 1 aliphatic rings. The van der Waals surface area contributed by atoms with Crippen molar-refractivity contribution in [1.29, 1.82) is 0 Å². The van der Waals surface area contributed by atoms with E-state index in [0.717, 1.165) is 0 Å². The van der Waals surface area contributed by atoms with Crippen molar-refractivity contribution in [3.05, 3.63) is 0 Å². The van der Waals surface area contributed by atoms with Gasteiger partial charge in [-0.2, -0.15) is 0 Å². The quantitative estimate of drug-likeness (QED) is 0.615. The minimum absolute atomic E-state index is 0.0494. The first-order valence-corrected chi connectivity index (χ1v) is 4.87. The van der Waals surface area contributed by atoms with Crippen LogP contribution in [0.4, 0.5) is 4.79 Å². The van der Waals surface area contributed by atoms with Crippen LogP contribution in [0.2, 0.25) is 0 Å². The molecule has 0 aromatic carbocycles. The van der Waals surface area contributed by atoms with Crippen LogP contribution in [0.25, 0.3) is 0 Å². The largest absolute Gasteiger partial charge is 0.354 e. The molecule has 6 heteroatoms. The monoisotopic (exact) mass is 213 g/mol. The number of hydrogen-bond donors (Lipinski definition) is 2. The van der Waals surface area contributed by atoms with Crippen LogP contribution >= 0.6 is 0 Å². The summed E-state index contributed by atoms with van der Waals surface area (Å²) in [4.78, 5) is 34.5. The fourth-order valence-electron chi connectivity index (χ4n) is 1.29. The van der Waals surface area contributed by atoms with E-state index in [9.17, 15) is 14.4 Å². The van der Waals surface area contributed by atoms with Gasteiger partial charge in [0.05, 0.1) is 0 Å². The molecule has 0 saturated carbocycles. The van der Waals surface area contributed by atoms with Gasteiger partial charge in [0.2, 0.25) is 11.8 Å². The van der Waals surface area contributed by atoms with Gasteiger partial charge in [0.15, 0.2) is 0 Å². The van der Waals surface area contributed by atoms with E-state index in [1.807, 2.05) is 13.8 Å². The molecule has 1 rings (SSSR count). The van der Waals surface area contributed by atoms with Crippen LogP contribution in [-0.4, -0.2) is 41.9 Å². The number of hydrogen-bond acceptors (Lipinski definition) is 3. The van der Waals surface area contributed by atoms with E-state index in [-0.39, 0.29) is 37.4 Å². The summed E-state index contributed by atoms with van der Waals surface area (Å²) < 4.78 is 0. The molecule has 1 saturated heterocycles. The number of nitrogens with one attached hydrogen (secondary N) is 2.